The van der Waals surface area contributed by atoms with Crippen LogP contribution in [0.2, 0.25) is 0 Å². The van der Waals surface area contributed by atoms with E-state index in [2.05, 4.69) is 10.1 Å². The lowest BCUT2D eigenvalue weighted by molar-refractivity contribution is -0.274. The Morgan fingerprint density at radius 1 is 1.48 bits per heavy atom. The minimum absolute atomic E-state index is 0.276. The molecule has 1 aromatic rings. The molecule has 2 atom stereocenters. The Morgan fingerprint density at radius 3 is 2.80 bits per heavy atom. The third kappa shape index (κ3) is 5.09. The number of alkyl halides is 3. The number of halogens is 3. The Morgan fingerprint density at radius 2 is 2.20 bits per heavy atom. The molecule has 0 spiro atoms. The Kier molecular flexibility index (Phi) is 5.89. The molecular weight excluding hydrogens is 341 g/mol. The highest BCUT2D eigenvalue weighted by atomic mass is 19.4. The van der Waals surface area contributed by atoms with Gasteiger partial charge in [0, 0.05) is 18.3 Å². The topological polar surface area (TPSA) is 78.9 Å². The Hall–Kier alpha value is -2.29. The van der Waals surface area contributed by atoms with Gasteiger partial charge in [0.1, 0.15) is 11.8 Å². The molecule has 0 aliphatic carbocycles. The van der Waals surface area contributed by atoms with Gasteiger partial charge in [-0.3, -0.25) is 14.9 Å². The molecule has 9 heteroatoms. The minimum atomic E-state index is -4.81. The molecule has 0 radical (unpaired) electrons. The zero-order valence-corrected chi connectivity index (χ0v) is 13.5. The number of ether oxygens (including phenoxy) is 1. The van der Waals surface area contributed by atoms with Gasteiger partial charge in [0.2, 0.25) is 5.91 Å². The predicted octanol–water partition coefficient (Wildman–Crippen LogP) is 2.53. The summed E-state index contributed by atoms with van der Waals surface area (Å²) < 4.78 is 40.8. The molecule has 1 heterocycles. The number of carboxylic acids is 1. The number of rotatable bonds is 7. The van der Waals surface area contributed by atoms with Crippen molar-refractivity contribution in [2.45, 2.75) is 44.6 Å². The van der Waals surface area contributed by atoms with Gasteiger partial charge >= 0.3 is 12.3 Å². The first kappa shape index (κ1) is 19.0. The van der Waals surface area contributed by atoms with Crippen LogP contribution in [-0.2, 0) is 9.59 Å². The Balaban J connectivity index is 2.09. The number of carbonyl (C=O) groups excluding carboxylic acids is 1. The van der Waals surface area contributed by atoms with E-state index in [0.29, 0.717) is 19.3 Å². The van der Waals surface area contributed by atoms with Gasteiger partial charge in [-0.1, -0.05) is 19.4 Å². The summed E-state index contributed by atoms with van der Waals surface area (Å²) in [6, 6.07) is 3.63. The zero-order valence-electron chi connectivity index (χ0n) is 13.5. The van der Waals surface area contributed by atoms with Gasteiger partial charge in [0.15, 0.2) is 0 Å². The quantitative estimate of drug-likeness (QED) is 0.781. The van der Waals surface area contributed by atoms with E-state index in [9.17, 15) is 22.8 Å². The van der Waals surface area contributed by atoms with Gasteiger partial charge in [-0.25, -0.2) is 0 Å². The van der Waals surface area contributed by atoms with Crippen molar-refractivity contribution in [2.75, 3.05) is 11.4 Å². The van der Waals surface area contributed by atoms with Gasteiger partial charge in [-0.05, 0) is 25.0 Å². The van der Waals surface area contributed by atoms with Gasteiger partial charge in [0.05, 0.1) is 6.04 Å². The highest BCUT2D eigenvalue weighted by molar-refractivity contribution is 5.99. The van der Waals surface area contributed by atoms with Crippen LogP contribution in [-0.4, -0.2) is 42.0 Å². The number of hydrogen-bond donors (Lipinski definition) is 2. The molecule has 1 fully saturated rings. The average molecular weight is 360 g/mol. The number of nitrogens with one attached hydrogen (secondary N) is 1. The second kappa shape index (κ2) is 7.73. The second-order valence-electron chi connectivity index (χ2n) is 5.72. The van der Waals surface area contributed by atoms with Gasteiger partial charge < -0.3 is 14.7 Å². The number of carbonyl (C=O) groups is 2. The standard InChI is InChI=1S/C16H19F3N2O4/c1-2-4-13(15(23)24)20-12-7-8-21(14(12)22)10-5-3-6-11(9-10)25-16(17,18)19/h3,5-6,9,12-13,20H,2,4,7-8H2,1H3,(H,23,24). The summed E-state index contributed by atoms with van der Waals surface area (Å²) in [6.45, 7) is 2.12. The maximum atomic E-state index is 12.5. The number of benzene rings is 1. The van der Waals surface area contributed by atoms with E-state index in [0.717, 1.165) is 12.1 Å². The SMILES string of the molecule is CCCC(NC1CCN(c2cccc(OC(F)(F)F)c2)C1=O)C(=O)O. The molecule has 0 saturated carbocycles. The third-order valence-corrected chi connectivity index (χ3v) is 3.85. The summed E-state index contributed by atoms with van der Waals surface area (Å²) in [5.41, 5.74) is 0.276. The normalized spacial score (nSPS) is 19.1. The monoisotopic (exact) mass is 360 g/mol. The molecule has 2 rings (SSSR count). The van der Waals surface area contributed by atoms with E-state index < -0.39 is 30.2 Å². The molecular formula is C16H19F3N2O4. The van der Waals surface area contributed by atoms with E-state index in [1.807, 2.05) is 6.92 Å². The van der Waals surface area contributed by atoms with Crippen molar-refractivity contribution in [3.8, 4) is 5.75 Å². The molecule has 25 heavy (non-hydrogen) atoms. The van der Waals surface area contributed by atoms with Crippen molar-refractivity contribution >= 4 is 17.6 Å². The smallest absolute Gasteiger partial charge is 0.480 e. The predicted molar refractivity (Wildman–Crippen MR) is 83.4 cm³/mol. The number of nitrogens with zero attached hydrogens (tertiary/aromatic N) is 1. The molecule has 1 aliphatic rings. The maximum absolute atomic E-state index is 12.5. The Labute approximate surface area is 142 Å². The first-order valence-electron chi connectivity index (χ1n) is 7.87. The third-order valence-electron chi connectivity index (χ3n) is 3.85. The van der Waals surface area contributed by atoms with Crippen molar-refractivity contribution in [1.82, 2.24) is 5.32 Å². The minimum Gasteiger partial charge on any atom is -0.480 e. The number of anilines is 1. The van der Waals surface area contributed by atoms with Crippen LogP contribution in [0.3, 0.4) is 0 Å². The summed E-state index contributed by atoms with van der Waals surface area (Å²) in [5, 5.41) is 12.0. The van der Waals surface area contributed by atoms with E-state index >= 15 is 0 Å². The summed E-state index contributed by atoms with van der Waals surface area (Å²) >= 11 is 0. The molecule has 1 aromatic carbocycles. The molecule has 1 aliphatic heterocycles. The zero-order chi connectivity index (χ0) is 18.6. The first-order chi connectivity index (χ1) is 11.7. The van der Waals surface area contributed by atoms with E-state index in [1.165, 1.54) is 17.0 Å². The van der Waals surface area contributed by atoms with Crippen molar-refractivity contribution in [2.24, 2.45) is 0 Å². The lowest BCUT2D eigenvalue weighted by atomic mass is 10.1. The van der Waals surface area contributed by atoms with E-state index in [-0.39, 0.29) is 18.1 Å². The van der Waals surface area contributed by atoms with Crippen molar-refractivity contribution < 1.29 is 32.6 Å². The maximum Gasteiger partial charge on any atom is 0.573 e. The number of amides is 1. The fraction of sp³-hybridized carbons (Fsp3) is 0.500. The summed E-state index contributed by atoms with van der Waals surface area (Å²) in [4.78, 5) is 25.0. The van der Waals surface area contributed by atoms with E-state index in [4.69, 9.17) is 5.11 Å². The second-order valence-corrected chi connectivity index (χ2v) is 5.72. The van der Waals surface area contributed by atoms with Crippen LogP contribution in [0.25, 0.3) is 0 Å². The highest BCUT2D eigenvalue weighted by Gasteiger charge is 2.36. The summed E-state index contributed by atoms with van der Waals surface area (Å²) in [7, 11) is 0. The van der Waals surface area contributed by atoms with E-state index in [1.54, 1.807) is 0 Å². The van der Waals surface area contributed by atoms with Crippen LogP contribution in [0.4, 0.5) is 18.9 Å². The van der Waals surface area contributed by atoms with Crippen molar-refractivity contribution in [1.29, 1.82) is 0 Å². The fourth-order valence-electron chi connectivity index (χ4n) is 2.75. The number of carboxylic acid groups (broad SMARTS) is 1. The van der Waals surface area contributed by atoms with Crippen LogP contribution in [0.5, 0.6) is 5.75 Å². The van der Waals surface area contributed by atoms with Crippen LogP contribution in [0.15, 0.2) is 24.3 Å². The fourth-order valence-corrected chi connectivity index (χ4v) is 2.75. The summed E-state index contributed by atoms with van der Waals surface area (Å²) in [5.74, 6) is -1.82. The molecule has 1 amide bonds. The molecule has 2 unspecified atom stereocenters. The molecule has 0 aromatic heterocycles. The lowest BCUT2D eigenvalue weighted by Gasteiger charge is -2.20. The molecule has 1 saturated heterocycles. The van der Waals surface area contributed by atoms with Crippen LogP contribution in [0.1, 0.15) is 26.2 Å². The van der Waals surface area contributed by atoms with Crippen LogP contribution < -0.4 is 15.0 Å². The van der Waals surface area contributed by atoms with Gasteiger partial charge in [0.25, 0.3) is 0 Å². The van der Waals surface area contributed by atoms with Gasteiger partial charge in [-0.15, -0.1) is 13.2 Å². The molecule has 0 bridgehead atoms. The van der Waals surface area contributed by atoms with Gasteiger partial charge in [-0.2, -0.15) is 0 Å². The van der Waals surface area contributed by atoms with Crippen molar-refractivity contribution in [3.05, 3.63) is 24.3 Å². The van der Waals surface area contributed by atoms with Crippen molar-refractivity contribution in [3.63, 3.8) is 0 Å². The summed E-state index contributed by atoms with van der Waals surface area (Å²) in [6.07, 6.45) is -3.41. The lowest BCUT2D eigenvalue weighted by Crippen LogP contribution is -2.47. The first-order valence-corrected chi connectivity index (χ1v) is 7.87. The largest absolute Gasteiger partial charge is 0.573 e. The van der Waals surface area contributed by atoms with Crippen LogP contribution in [0, 0.1) is 0 Å². The highest BCUT2D eigenvalue weighted by Crippen LogP contribution is 2.29. The Bertz CT molecular complexity index is 636. The molecule has 6 nitrogen and oxygen atoms in total. The molecule has 138 valence electrons. The number of hydrogen-bond acceptors (Lipinski definition) is 4. The molecule has 2 N–H and O–H groups in total. The number of aliphatic carboxylic acids is 1. The average Bonchev–Trinajstić information content (AvgIpc) is 2.86. The van der Waals surface area contributed by atoms with Crippen LogP contribution >= 0.6 is 0 Å².